The third-order valence-corrected chi connectivity index (χ3v) is 4.16. The van der Waals surface area contributed by atoms with Gasteiger partial charge in [-0.3, -0.25) is 9.69 Å². The summed E-state index contributed by atoms with van der Waals surface area (Å²) in [5.41, 5.74) is 0. The summed E-state index contributed by atoms with van der Waals surface area (Å²) < 4.78 is 0. The highest BCUT2D eigenvalue weighted by atomic mass is 16.4. The summed E-state index contributed by atoms with van der Waals surface area (Å²) in [6.07, 6.45) is 7.59. The van der Waals surface area contributed by atoms with Crippen LogP contribution in [0.1, 0.15) is 44.9 Å². The number of urea groups is 1. The molecular weight excluding hydrogens is 274 g/mol. The number of nitrogens with one attached hydrogen (secondary N) is 2. The van der Waals surface area contributed by atoms with Gasteiger partial charge in [-0.25, -0.2) is 9.59 Å². The van der Waals surface area contributed by atoms with Crippen molar-refractivity contribution in [1.29, 1.82) is 0 Å². The lowest BCUT2D eigenvalue weighted by atomic mass is 9.97. The number of carboxylic acids is 1. The third-order valence-electron chi connectivity index (χ3n) is 4.16. The Morgan fingerprint density at radius 2 is 1.76 bits per heavy atom. The predicted octanol–water partition coefficient (Wildman–Crippen LogP) is 0.694. The van der Waals surface area contributed by atoms with Crippen LogP contribution in [0.5, 0.6) is 0 Å². The Bertz CT molecular complexity index is 405. The first-order valence-corrected chi connectivity index (χ1v) is 7.64. The topological polar surface area (TPSA) is 98.7 Å². The lowest BCUT2D eigenvalue weighted by Crippen LogP contribution is -2.62. The van der Waals surface area contributed by atoms with E-state index in [0.29, 0.717) is 0 Å². The number of rotatable bonds is 2. The molecule has 0 aromatic rings. The van der Waals surface area contributed by atoms with Crippen LogP contribution in [0.2, 0.25) is 0 Å². The maximum atomic E-state index is 12.3. The van der Waals surface area contributed by atoms with Crippen molar-refractivity contribution in [3.8, 4) is 0 Å². The normalized spacial score (nSPS) is 24.7. The van der Waals surface area contributed by atoms with E-state index in [4.69, 9.17) is 5.11 Å². The van der Waals surface area contributed by atoms with E-state index in [1.165, 1.54) is 19.3 Å². The van der Waals surface area contributed by atoms with Crippen molar-refractivity contribution in [2.45, 2.75) is 57.0 Å². The minimum absolute atomic E-state index is 0.0355. The van der Waals surface area contributed by atoms with Crippen molar-refractivity contribution < 1.29 is 19.5 Å². The Morgan fingerprint density at radius 3 is 2.38 bits per heavy atom. The van der Waals surface area contributed by atoms with Crippen LogP contribution in [0.25, 0.3) is 0 Å². The molecule has 0 spiro atoms. The summed E-state index contributed by atoms with van der Waals surface area (Å²) in [5.74, 6) is -1.41. The average Bonchev–Trinajstić information content (AvgIpc) is 2.41. The van der Waals surface area contributed by atoms with Crippen LogP contribution in [-0.2, 0) is 9.59 Å². The molecule has 0 bridgehead atoms. The molecule has 1 saturated heterocycles. The van der Waals surface area contributed by atoms with Gasteiger partial charge >= 0.3 is 12.0 Å². The molecular formula is C14H23N3O4. The number of piperazine rings is 1. The van der Waals surface area contributed by atoms with Crippen LogP contribution in [-0.4, -0.2) is 53.1 Å². The predicted molar refractivity (Wildman–Crippen MR) is 75.8 cm³/mol. The molecule has 2 rings (SSSR count). The second-order valence-electron chi connectivity index (χ2n) is 5.78. The summed E-state index contributed by atoms with van der Waals surface area (Å²) in [4.78, 5) is 36.0. The number of amides is 3. The van der Waals surface area contributed by atoms with Crippen LogP contribution in [0, 0.1) is 0 Å². The molecule has 1 unspecified atom stereocenters. The summed E-state index contributed by atoms with van der Waals surface area (Å²) >= 11 is 0. The first-order chi connectivity index (χ1) is 10.1. The van der Waals surface area contributed by atoms with Crippen molar-refractivity contribution in [2.24, 2.45) is 0 Å². The minimum atomic E-state index is -1.09. The van der Waals surface area contributed by atoms with Gasteiger partial charge < -0.3 is 15.7 Å². The molecule has 3 N–H and O–H groups in total. The second kappa shape index (κ2) is 7.28. The highest BCUT2D eigenvalue weighted by Gasteiger charge is 2.35. The van der Waals surface area contributed by atoms with Gasteiger partial charge in [-0.1, -0.05) is 32.1 Å². The fourth-order valence-corrected chi connectivity index (χ4v) is 2.93. The molecule has 7 nitrogen and oxygen atoms in total. The van der Waals surface area contributed by atoms with Crippen molar-refractivity contribution >= 4 is 17.9 Å². The molecule has 3 amide bonds. The molecule has 1 heterocycles. The molecule has 2 aliphatic rings. The average molecular weight is 297 g/mol. The van der Waals surface area contributed by atoms with E-state index in [9.17, 15) is 14.4 Å². The minimum Gasteiger partial charge on any atom is -0.480 e. The number of hydrogen-bond acceptors (Lipinski definition) is 3. The number of carbonyl (C=O) groups excluding carboxylic acids is 2. The Kier molecular flexibility index (Phi) is 5.41. The first kappa shape index (κ1) is 15.6. The zero-order valence-corrected chi connectivity index (χ0v) is 12.1. The van der Waals surface area contributed by atoms with Crippen LogP contribution < -0.4 is 10.6 Å². The van der Waals surface area contributed by atoms with Gasteiger partial charge in [0.15, 0.2) is 0 Å². The summed E-state index contributed by atoms with van der Waals surface area (Å²) in [7, 11) is 0. The Hall–Kier alpha value is -1.79. The van der Waals surface area contributed by atoms with E-state index in [0.717, 1.165) is 30.6 Å². The number of hydrogen-bond donors (Lipinski definition) is 3. The number of nitrogens with zero attached hydrogens (tertiary/aromatic N) is 1. The van der Waals surface area contributed by atoms with Gasteiger partial charge in [-0.2, -0.15) is 0 Å². The quantitative estimate of drug-likeness (QED) is 0.698. The van der Waals surface area contributed by atoms with Crippen molar-refractivity contribution in [3.05, 3.63) is 0 Å². The Morgan fingerprint density at radius 1 is 1.14 bits per heavy atom. The van der Waals surface area contributed by atoms with Gasteiger partial charge in [0.1, 0.15) is 12.6 Å². The lowest BCUT2D eigenvalue weighted by Gasteiger charge is -2.34. The van der Waals surface area contributed by atoms with Crippen LogP contribution in [0.15, 0.2) is 0 Å². The SMILES string of the molecule is O=C1CN(C(=O)NC2CCCCCCC2)C(C(=O)O)CN1. The Labute approximate surface area is 124 Å². The molecule has 2 fully saturated rings. The zero-order valence-electron chi connectivity index (χ0n) is 12.1. The van der Waals surface area contributed by atoms with Crippen LogP contribution >= 0.6 is 0 Å². The largest absolute Gasteiger partial charge is 0.480 e. The van der Waals surface area contributed by atoms with Gasteiger partial charge in [0.25, 0.3) is 0 Å². The molecule has 1 saturated carbocycles. The van der Waals surface area contributed by atoms with Crippen LogP contribution in [0.4, 0.5) is 4.79 Å². The molecule has 0 aromatic heterocycles. The third kappa shape index (κ3) is 4.34. The zero-order chi connectivity index (χ0) is 15.2. The maximum Gasteiger partial charge on any atom is 0.328 e. The summed E-state index contributed by atoms with van der Waals surface area (Å²) in [5, 5.41) is 14.5. The Balaban J connectivity index is 1.95. The second-order valence-corrected chi connectivity index (χ2v) is 5.78. The first-order valence-electron chi connectivity index (χ1n) is 7.64. The van der Waals surface area contributed by atoms with Gasteiger partial charge in [-0.05, 0) is 12.8 Å². The molecule has 7 heteroatoms. The molecule has 21 heavy (non-hydrogen) atoms. The lowest BCUT2D eigenvalue weighted by molar-refractivity contribution is -0.144. The van der Waals surface area contributed by atoms with Gasteiger partial charge in [0, 0.05) is 12.6 Å². The molecule has 1 aliphatic heterocycles. The van der Waals surface area contributed by atoms with Gasteiger partial charge in [-0.15, -0.1) is 0 Å². The van der Waals surface area contributed by atoms with E-state index in [1.807, 2.05) is 0 Å². The number of carboxylic acid groups (broad SMARTS) is 1. The number of carbonyl (C=O) groups is 3. The highest BCUT2D eigenvalue weighted by molar-refractivity contribution is 5.90. The smallest absolute Gasteiger partial charge is 0.328 e. The standard InChI is InChI=1S/C14H23N3O4/c18-12-9-17(11(8-15-12)13(19)20)14(21)16-10-6-4-2-1-3-5-7-10/h10-11H,1-9H2,(H,15,18)(H,16,21)(H,19,20). The number of aliphatic carboxylic acids is 1. The van der Waals surface area contributed by atoms with Crippen molar-refractivity contribution in [3.63, 3.8) is 0 Å². The van der Waals surface area contributed by atoms with E-state index >= 15 is 0 Å². The molecule has 1 atom stereocenters. The monoisotopic (exact) mass is 297 g/mol. The van der Waals surface area contributed by atoms with Gasteiger partial charge in [0.2, 0.25) is 5.91 Å². The van der Waals surface area contributed by atoms with Gasteiger partial charge in [0.05, 0.1) is 0 Å². The van der Waals surface area contributed by atoms with E-state index in [2.05, 4.69) is 10.6 Å². The fourth-order valence-electron chi connectivity index (χ4n) is 2.93. The fraction of sp³-hybridized carbons (Fsp3) is 0.786. The summed E-state index contributed by atoms with van der Waals surface area (Å²) in [6, 6.07) is -1.35. The summed E-state index contributed by atoms with van der Waals surface area (Å²) in [6.45, 7) is -0.234. The highest BCUT2D eigenvalue weighted by Crippen LogP contribution is 2.17. The van der Waals surface area contributed by atoms with E-state index < -0.39 is 18.0 Å². The van der Waals surface area contributed by atoms with Crippen molar-refractivity contribution in [2.75, 3.05) is 13.1 Å². The van der Waals surface area contributed by atoms with E-state index in [-0.39, 0.29) is 25.0 Å². The van der Waals surface area contributed by atoms with E-state index in [1.54, 1.807) is 0 Å². The van der Waals surface area contributed by atoms with Crippen LogP contribution in [0.3, 0.4) is 0 Å². The molecule has 118 valence electrons. The molecule has 0 radical (unpaired) electrons. The maximum absolute atomic E-state index is 12.3. The molecule has 0 aromatic carbocycles. The molecule has 1 aliphatic carbocycles. The van der Waals surface area contributed by atoms with Crippen molar-refractivity contribution in [1.82, 2.24) is 15.5 Å².